The van der Waals surface area contributed by atoms with Crippen LogP contribution in [0.25, 0.3) is 10.1 Å². The average Bonchev–Trinajstić information content (AvgIpc) is 2.48. The summed E-state index contributed by atoms with van der Waals surface area (Å²) in [5, 5.41) is 1.44. The normalized spacial score (nSPS) is 11.0. The molecule has 0 nitrogen and oxygen atoms in total. The summed E-state index contributed by atoms with van der Waals surface area (Å²) in [4.78, 5) is 0. The molecule has 0 saturated carbocycles. The van der Waals surface area contributed by atoms with Crippen LogP contribution in [0, 0.1) is 13.8 Å². The van der Waals surface area contributed by atoms with Gasteiger partial charge in [-0.3, -0.25) is 0 Å². The summed E-state index contributed by atoms with van der Waals surface area (Å²) in [5.41, 5.74) is 2.79. The standard InChI is InChI=1S/C10H11S3/c1-6-4-8-9(5-7(6)2)12-13-10(8)11-3/h4-5H,1-3H3/q+1. The quantitative estimate of drug-likeness (QED) is 0.390. The zero-order chi connectivity index (χ0) is 9.42. The van der Waals surface area contributed by atoms with Crippen molar-refractivity contribution in [3.05, 3.63) is 23.3 Å². The van der Waals surface area contributed by atoms with Crippen molar-refractivity contribution < 1.29 is 0 Å². The highest BCUT2D eigenvalue weighted by Gasteiger charge is 2.16. The molecule has 0 radical (unpaired) electrons. The first-order chi connectivity index (χ1) is 6.22. The van der Waals surface area contributed by atoms with Gasteiger partial charge in [0.2, 0.25) is 0 Å². The fourth-order valence-electron chi connectivity index (χ4n) is 1.29. The summed E-state index contributed by atoms with van der Waals surface area (Å²) < 4.78 is 2.88. The van der Waals surface area contributed by atoms with E-state index in [0.717, 1.165) is 0 Å². The number of hydrogen-bond acceptors (Lipinski definition) is 2. The third kappa shape index (κ3) is 1.60. The number of fused-ring (bicyclic) bond motifs is 1. The molecule has 1 heterocycles. The van der Waals surface area contributed by atoms with E-state index in [4.69, 9.17) is 0 Å². The molecule has 0 aliphatic rings. The molecule has 0 aliphatic carbocycles. The Labute approximate surface area is 90.0 Å². The molecule has 13 heavy (non-hydrogen) atoms. The van der Waals surface area contributed by atoms with Crippen molar-refractivity contribution >= 4 is 42.5 Å². The van der Waals surface area contributed by atoms with Crippen LogP contribution >= 0.6 is 32.4 Å². The maximum Gasteiger partial charge on any atom is 0.308 e. The molecule has 0 spiro atoms. The predicted molar refractivity (Wildman–Crippen MR) is 65.4 cm³/mol. The summed E-state index contributed by atoms with van der Waals surface area (Å²) in [7, 11) is 3.77. The molecule has 0 saturated heterocycles. The third-order valence-electron chi connectivity index (χ3n) is 2.21. The van der Waals surface area contributed by atoms with Gasteiger partial charge in [-0.25, -0.2) is 0 Å². The van der Waals surface area contributed by atoms with Gasteiger partial charge in [0.25, 0.3) is 4.21 Å². The van der Waals surface area contributed by atoms with Gasteiger partial charge in [-0.05, 0) is 43.4 Å². The first-order valence-electron chi connectivity index (χ1n) is 4.09. The zero-order valence-corrected chi connectivity index (χ0v) is 10.3. The lowest BCUT2D eigenvalue weighted by molar-refractivity contribution is 1.37. The van der Waals surface area contributed by atoms with Crippen LogP contribution in [0.4, 0.5) is 0 Å². The fourth-order valence-corrected chi connectivity index (χ4v) is 5.08. The summed E-state index contributed by atoms with van der Waals surface area (Å²) in [6.45, 7) is 4.36. The molecule has 1 aromatic heterocycles. The lowest BCUT2D eigenvalue weighted by Gasteiger charge is -1.96. The summed E-state index contributed by atoms with van der Waals surface area (Å²) in [6.07, 6.45) is 2.15. The second kappa shape index (κ2) is 3.56. The van der Waals surface area contributed by atoms with Gasteiger partial charge in [-0.2, -0.15) is 0 Å². The van der Waals surface area contributed by atoms with E-state index in [-0.39, 0.29) is 0 Å². The van der Waals surface area contributed by atoms with E-state index in [1.165, 1.54) is 25.4 Å². The molecule has 0 unspecified atom stereocenters. The van der Waals surface area contributed by atoms with Crippen LogP contribution in [-0.2, 0) is 0 Å². The van der Waals surface area contributed by atoms with Crippen molar-refractivity contribution in [2.75, 3.05) is 6.26 Å². The van der Waals surface area contributed by atoms with Crippen molar-refractivity contribution in [2.45, 2.75) is 18.1 Å². The molecule has 0 atom stereocenters. The van der Waals surface area contributed by atoms with Crippen LogP contribution < -0.4 is 0 Å². The maximum atomic E-state index is 2.31. The zero-order valence-electron chi connectivity index (χ0n) is 7.88. The topological polar surface area (TPSA) is 0 Å². The van der Waals surface area contributed by atoms with Gasteiger partial charge in [-0.15, -0.1) is 0 Å². The van der Waals surface area contributed by atoms with Crippen LogP contribution in [0.5, 0.6) is 0 Å². The van der Waals surface area contributed by atoms with E-state index < -0.39 is 0 Å². The number of rotatable bonds is 1. The summed E-state index contributed by atoms with van der Waals surface area (Å²) >= 11 is 1.85. The van der Waals surface area contributed by atoms with Gasteiger partial charge in [-0.1, -0.05) is 11.8 Å². The second-order valence-electron chi connectivity index (χ2n) is 3.09. The second-order valence-corrected chi connectivity index (χ2v) is 6.35. The first kappa shape index (κ1) is 9.44. The molecule has 2 aromatic rings. The molecular weight excluding hydrogens is 216 g/mol. The van der Waals surface area contributed by atoms with Crippen molar-refractivity contribution in [2.24, 2.45) is 0 Å². The highest BCUT2D eigenvalue weighted by atomic mass is 32.9. The first-order valence-corrected chi connectivity index (χ1v) is 7.47. The minimum atomic E-state index is 1.40. The highest BCUT2D eigenvalue weighted by Crippen LogP contribution is 2.38. The number of thioether (sulfide) groups is 1. The van der Waals surface area contributed by atoms with E-state index in [1.54, 1.807) is 0 Å². The fraction of sp³-hybridized carbons (Fsp3) is 0.300. The van der Waals surface area contributed by atoms with E-state index >= 15 is 0 Å². The van der Waals surface area contributed by atoms with Gasteiger partial charge >= 0.3 is 10.3 Å². The molecule has 1 aromatic carbocycles. The Hall–Kier alpha value is -0.120. The van der Waals surface area contributed by atoms with E-state index in [2.05, 4.69) is 32.2 Å². The number of hydrogen-bond donors (Lipinski definition) is 0. The van der Waals surface area contributed by atoms with Crippen LogP contribution in [0.1, 0.15) is 11.1 Å². The molecular formula is C10H11S3+. The van der Waals surface area contributed by atoms with Crippen LogP contribution in [-0.4, -0.2) is 6.26 Å². The molecule has 0 amide bonds. The molecule has 3 heteroatoms. The SMILES string of the molecule is CSc1[s+]sc2cc(C)c(C)cc12. The number of aryl methyl sites for hydroxylation is 2. The largest absolute Gasteiger partial charge is 0.308 e. The van der Waals surface area contributed by atoms with Gasteiger partial charge in [0.1, 0.15) is 0 Å². The average molecular weight is 227 g/mol. The summed E-state index contributed by atoms with van der Waals surface area (Å²) in [6, 6.07) is 4.61. The van der Waals surface area contributed by atoms with E-state index in [9.17, 15) is 0 Å². The Bertz CT molecular complexity index is 443. The smallest absolute Gasteiger partial charge is 0.0659 e. The monoisotopic (exact) mass is 227 g/mol. The van der Waals surface area contributed by atoms with Gasteiger partial charge in [0.05, 0.1) is 10.1 Å². The Balaban J connectivity index is 2.77. The Kier molecular flexibility index (Phi) is 2.58. The van der Waals surface area contributed by atoms with Crippen LogP contribution in [0.2, 0.25) is 0 Å². The predicted octanol–water partition coefficient (Wildman–Crippen LogP) is 4.58. The van der Waals surface area contributed by atoms with Crippen molar-refractivity contribution in [1.29, 1.82) is 0 Å². The third-order valence-corrected chi connectivity index (χ3v) is 6.13. The minimum absolute atomic E-state index is 1.40. The van der Waals surface area contributed by atoms with E-state index in [0.29, 0.717) is 0 Å². The van der Waals surface area contributed by atoms with Crippen molar-refractivity contribution in [1.82, 2.24) is 0 Å². The van der Waals surface area contributed by atoms with Crippen LogP contribution in [0.3, 0.4) is 0 Å². The minimum Gasteiger partial charge on any atom is -0.0659 e. The molecule has 0 N–H and O–H groups in total. The molecule has 0 bridgehead atoms. The lowest BCUT2D eigenvalue weighted by atomic mass is 10.1. The Morgan fingerprint density at radius 1 is 1.23 bits per heavy atom. The Morgan fingerprint density at radius 3 is 2.62 bits per heavy atom. The molecule has 0 fully saturated rings. The molecule has 0 aliphatic heterocycles. The molecule has 68 valence electrons. The van der Waals surface area contributed by atoms with E-state index in [1.807, 2.05) is 32.4 Å². The summed E-state index contributed by atoms with van der Waals surface area (Å²) in [5.74, 6) is 0. The molecule has 2 rings (SSSR count). The highest BCUT2D eigenvalue weighted by molar-refractivity contribution is 8.02. The maximum absolute atomic E-state index is 2.31. The van der Waals surface area contributed by atoms with Crippen molar-refractivity contribution in [3.63, 3.8) is 0 Å². The van der Waals surface area contributed by atoms with Gasteiger partial charge in [0, 0.05) is 0 Å². The Morgan fingerprint density at radius 2 is 1.92 bits per heavy atom. The number of benzene rings is 1. The van der Waals surface area contributed by atoms with Gasteiger partial charge < -0.3 is 0 Å². The van der Waals surface area contributed by atoms with Crippen LogP contribution in [0.15, 0.2) is 16.3 Å². The van der Waals surface area contributed by atoms with Crippen molar-refractivity contribution in [3.8, 4) is 0 Å². The lowest BCUT2D eigenvalue weighted by Crippen LogP contribution is -1.78. The van der Waals surface area contributed by atoms with Gasteiger partial charge in [0.15, 0.2) is 10.3 Å².